The van der Waals surface area contributed by atoms with Gasteiger partial charge in [-0.25, -0.2) is 0 Å². The maximum absolute atomic E-state index is 7.17. The first-order valence-electron chi connectivity index (χ1n) is 5.58. The molecule has 92 valence electrons. The molecule has 0 amide bonds. The first kappa shape index (κ1) is 16.2. The van der Waals surface area contributed by atoms with Crippen LogP contribution < -0.4 is 29.6 Å². The molecule has 0 saturated carbocycles. The van der Waals surface area contributed by atoms with E-state index in [2.05, 4.69) is 60.7 Å². The first-order chi connectivity index (χ1) is 8.66. The molecule has 3 aromatic carbocycles. The Bertz CT molecular complexity index is 556. The van der Waals surface area contributed by atoms with Crippen molar-refractivity contribution in [1.82, 2.24) is 0 Å². The summed E-state index contributed by atoms with van der Waals surface area (Å²) in [4.78, 5) is 0. The number of fused-ring (bicyclic) bond motifs is 2. The Hall–Kier alpha value is -0.875. The van der Waals surface area contributed by atoms with Gasteiger partial charge in [-0.15, -0.1) is 0 Å². The normalized spacial score (nSPS) is 9.42. The summed E-state index contributed by atoms with van der Waals surface area (Å²) in [6.45, 7) is 0. The molecule has 0 saturated heterocycles. The van der Waals surface area contributed by atoms with E-state index in [1.165, 1.54) is 21.5 Å². The van der Waals surface area contributed by atoms with Crippen LogP contribution in [0.15, 0.2) is 60.7 Å². The zero-order valence-corrected chi connectivity index (χ0v) is 12.7. The average Bonchev–Trinajstić information content (AvgIpc) is 2.35. The second kappa shape index (κ2) is 7.65. The Morgan fingerprint density at radius 2 is 0.842 bits per heavy atom. The first-order valence-corrected chi connectivity index (χ1v) is 5.58. The fourth-order valence-corrected chi connectivity index (χ4v) is 1.88. The predicted octanol–water partition coefficient (Wildman–Crippen LogP) is -0.942. The summed E-state index contributed by atoms with van der Waals surface area (Å²) in [5.41, 5.74) is 0. The van der Waals surface area contributed by atoms with Crippen LogP contribution in [0.4, 0.5) is 0 Å². The second-order valence-corrected chi connectivity index (χ2v) is 3.89. The average molecular weight is 264 g/mol. The van der Waals surface area contributed by atoms with Crippen molar-refractivity contribution in [2.45, 2.75) is 0 Å². The topological polar surface area (TPSA) is 60.7 Å². The van der Waals surface area contributed by atoms with Gasteiger partial charge in [0, 0.05) is 0 Å². The zero-order chi connectivity index (χ0) is 13.0. The predicted molar refractivity (Wildman–Crippen MR) is 75.0 cm³/mol. The molecule has 0 bridgehead atoms. The molecule has 0 unspecified atom stereocenters. The molecule has 0 heterocycles. The monoisotopic (exact) mass is 264 g/mol. The molecular formula is C14H14BNaO3. The fourth-order valence-electron chi connectivity index (χ4n) is 1.88. The van der Waals surface area contributed by atoms with Crippen LogP contribution in [0.5, 0.6) is 0 Å². The van der Waals surface area contributed by atoms with Gasteiger partial charge in [0.05, 0.1) is 0 Å². The maximum Gasteiger partial charge on any atom is 1.00 e. The van der Waals surface area contributed by atoms with E-state index < -0.39 is 7.32 Å². The van der Waals surface area contributed by atoms with E-state index in [4.69, 9.17) is 15.1 Å². The van der Waals surface area contributed by atoms with Gasteiger partial charge in [-0.1, -0.05) is 48.5 Å². The van der Waals surface area contributed by atoms with Gasteiger partial charge in [0.2, 0.25) is 0 Å². The van der Waals surface area contributed by atoms with Crippen molar-refractivity contribution in [2.75, 3.05) is 0 Å². The molecule has 3 aromatic rings. The van der Waals surface area contributed by atoms with E-state index in [-0.39, 0.29) is 31.0 Å². The van der Waals surface area contributed by atoms with Crippen LogP contribution in [-0.2, 0) is 0 Å². The fraction of sp³-hybridized carbons (Fsp3) is 0. The van der Waals surface area contributed by atoms with Crippen LogP contribution in [0.2, 0.25) is 0 Å². The summed E-state index contributed by atoms with van der Waals surface area (Å²) in [6, 6.07) is 21.4. The second-order valence-electron chi connectivity index (χ2n) is 3.89. The van der Waals surface area contributed by atoms with E-state index in [0.29, 0.717) is 0 Å². The molecule has 0 fully saturated rings. The third-order valence-corrected chi connectivity index (χ3v) is 2.61. The van der Waals surface area contributed by atoms with E-state index >= 15 is 0 Å². The number of hydrogen-bond acceptors (Lipinski definition) is 3. The maximum atomic E-state index is 7.17. The molecule has 0 aliphatic carbocycles. The van der Waals surface area contributed by atoms with Gasteiger partial charge in [-0.05, 0) is 33.7 Å². The summed E-state index contributed by atoms with van der Waals surface area (Å²) in [6.07, 6.45) is 0. The minimum absolute atomic E-state index is 0. The molecule has 5 heteroatoms. The molecule has 3 rings (SSSR count). The number of rotatable bonds is 0. The summed E-state index contributed by atoms with van der Waals surface area (Å²) < 4.78 is 0. The Morgan fingerprint density at radius 3 is 1.05 bits per heavy atom. The smallest absolute Gasteiger partial charge is 1.00 e. The quantitative estimate of drug-likeness (QED) is 0.363. The molecule has 0 aliphatic rings. The van der Waals surface area contributed by atoms with Crippen LogP contribution >= 0.6 is 0 Å². The Balaban J connectivity index is 0.000000542. The van der Waals surface area contributed by atoms with Gasteiger partial charge in [-0.2, -0.15) is 0 Å². The largest absolute Gasteiger partial charge is 1.00 e. The van der Waals surface area contributed by atoms with E-state index in [1.54, 1.807) is 0 Å². The standard InChI is InChI=1S/C14H10.BH3O3.Na.H/c1-2-6-12-10-14-8-4-3-7-13(14)9-11(12)5-1;2-1(3)4;;/h1-10H;2-4H;;/q;;+1;-1. The van der Waals surface area contributed by atoms with E-state index in [9.17, 15) is 0 Å². The summed E-state index contributed by atoms with van der Waals surface area (Å²) >= 11 is 0. The van der Waals surface area contributed by atoms with Gasteiger partial charge in [0.1, 0.15) is 0 Å². The SMILES string of the molecule is OB(O)O.[H-].[Na+].c1ccc2cc3ccccc3cc2c1. The van der Waals surface area contributed by atoms with Crippen molar-refractivity contribution in [3.05, 3.63) is 60.7 Å². The number of hydrogen-bond donors (Lipinski definition) is 3. The molecule has 0 radical (unpaired) electrons. The van der Waals surface area contributed by atoms with Crippen molar-refractivity contribution >= 4 is 28.9 Å². The van der Waals surface area contributed by atoms with Crippen molar-refractivity contribution in [3.63, 3.8) is 0 Å². The molecule has 0 spiro atoms. The van der Waals surface area contributed by atoms with Crippen molar-refractivity contribution < 1.29 is 46.1 Å². The minimum atomic E-state index is -2.17. The summed E-state index contributed by atoms with van der Waals surface area (Å²) in [5, 5.41) is 26.7. The van der Waals surface area contributed by atoms with Crippen molar-refractivity contribution in [3.8, 4) is 0 Å². The Labute approximate surface area is 135 Å². The van der Waals surface area contributed by atoms with Crippen LogP contribution in [0.3, 0.4) is 0 Å². The van der Waals surface area contributed by atoms with E-state index in [1.807, 2.05) is 0 Å². The van der Waals surface area contributed by atoms with Gasteiger partial charge in [0.25, 0.3) is 0 Å². The van der Waals surface area contributed by atoms with Gasteiger partial charge < -0.3 is 16.5 Å². The molecule has 0 atom stereocenters. The summed E-state index contributed by atoms with van der Waals surface area (Å²) in [7, 11) is -2.17. The van der Waals surface area contributed by atoms with Crippen molar-refractivity contribution in [2.24, 2.45) is 0 Å². The Morgan fingerprint density at radius 1 is 0.632 bits per heavy atom. The molecule has 0 aliphatic heterocycles. The molecule has 3 N–H and O–H groups in total. The van der Waals surface area contributed by atoms with Gasteiger partial charge >= 0.3 is 36.9 Å². The summed E-state index contributed by atoms with van der Waals surface area (Å²) in [5.74, 6) is 0. The van der Waals surface area contributed by atoms with Gasteiger partial charge in [-0.3, -0.25) is 0 Å². The Kier molecular flexibility index (Phi) is 6.52. The van der Waals surface area contributed by atoms with E-state index in [0.717, 1.165) is 0 Å². The third kappa shape index (κ3) is 4.62. The van der Waals surface area contributed by atoms with Gasteiger partial charge in [0.15, 0.2) is 0 Å². The molecule has 0 aromatic heterocycles. The van der Waals surface area contributed by atoms with Crippen LogP contribution in [0, 0.1) is 0 Å². The van der Waals surface area contributed by atoms with Crippen LogP contribution in [0.1, 0.15) is 1.43 Å². The molecule has 19 heavy (non-hydrogen) atoms. The molecule has 3 nitrogen and oxygen atoms in total. The minimum Gasteiger partial charge on any atom is -1.00 e. The third-order valence-electron chi connectivity index (χ3n) is 2.61. The van der Waals surface area contributed by atoms with Crippen molar-refractivity contribution in [1.29, 1.82) is 0 Å². The van der Waals surface area contributed by atoms with Crippen LogP contribution in [-0.4, -0.2) is 22.4 Å². The zero-order valence-electron chi connectivity index (χ0n) is 11.7. The molecular weight excluding hydrogens is 250 g/mol. The van der Waals surface area contributed by atoms with Crippen LogP contribution in [0.25, 0.3) is 21.5 Å². The number of benzene rings is 3.